The van der Waals surface area contributed by atoms with Crippen molar-refractivity contribution in [2.75, 3.05) is 12.4 Å². The Hall–Kier alpha value is -4.18. The fraction of sp³-hybridized carbons (Fsp3) is 0.0476. The predicted molar refractivity (Wildman–Crippen MR) is 107 cm³/mol. The molecule has 136 valence electrons. The van der Waals surface area contributed by atoms with Crippen LogP contribution in [-0.2, 0) is 0 Å². The van der Waals surface area contributed by atoms with Gasteiger partial charge in [-0.3, -0.25) is 14.8 Å². The van der Waals surface area contributed by atoms with Gasteiger partial charge in [-0.1, -0.05) is 18.2 Å². The Morgan fingerprint density at radius 3 is 2.64 bits per heavy atom. The van der Waals surface area contributed by atoms with Gasteiger partial charge in [0.1, 0.15) is 17.4 Å². The molecule has 2 aromatic carbocycles. The van der Waals surface area contributed by atoms with E-state index in [1.165, 1.54) is 0 Å². The second-order valence-corrected chi connectivity index (χ2v) is 5.98. The van der Waals surface area contributed by atoms with Crippen LogP contribution in [0.25, 0.3) is 22.2 Å². The van der Waals surface area contributed by atoms with E-state index >= 15 is 0 Å². The quantitative estimate of drug-likeness (QED) is 0.569. The second-order valence-electron chi connectivity index (χ2n) is 5.98. The molecule has 0 unspecified atom stereocenters. The fourth-order valence-electron chi connectivity index (χ4n) is 2.93. The van der Waals surface area contributed by atoms with Gasteiger partial charge in [-0.05, 0) is 36.4 Å². The molecule has 7 heteroatoms. The fourth-order valence-corrected chi connectivity index (χ4v) is 2.93. The third kappa shape index (κ3) is 3.15. The number of aromatic amines is 1. The van der Waals surface area contributed by atoms with Gasteiger partial charge in [-0.25, -0.2) is 4.98 Å². The van der Waals surface area contributed by atoms with Crippen LogP contribution in [0.4, 0.5) is 11.6 Å². The topological polar surface area (TPSA) is 104 Å². The van der Waals surface area contributed by atoms with Crippen molar-refractivity contribution >= 4 is 22.5 Å². The molecule has 0 fully saturated rings. The summed E-state index contributed by atoms with van der Waals surface area (Å²) in [4.78, 5) is 23.9. The van der Waals surface area contributed by atoms with Crippen molar-refractivity contribution in [3.05, 3.63) is 76.7 Å². The van der Waals surface area contributed by atoms with Gasteiger partial charge in [0.15, 0.2) is 0 Å². The predicted octanol–water partition coefficient (Wildman–Crippen LogP) is 3.61. The Bertz CT molecular complexity index is 1250. The lowest BCUT2D eigenvalue weighted by Crippen LogP contribution is -2.16. The first kappa shape index (κ1) is 17.2. The number of ether oxygens (including phenoxy) is 1. The largest absolute Gasteiger partial charge is 0.497 e. The highest BCUT2D eigenvalue weighted by Gasteiger charge is 2.14. The minimum atomic E-state index is -0.515. The molecule has 0 radical (unpaired) electrons. The number of aromatic nitrogens is 3. The lowest BCUT2D eigenvalue weighted by Gasteiger charge is -2.10. The molecule has 2 heterocycles. The molecular formula is C21H15N5O2. The van der Waals surface area contributed by atoms with E-state index in [1.54, 1.807) is 37.6 Å². The zero-order valence-corrected chi connectivity index (χ0v) is 14.9. The molecule has 0 atom stereocenters. The molecule has 0 bridgehead atoms. The lowest BCUT2D eigenvalue weighted by molar-refractivity contribution is 0.415. The van der Waals surface area contributed by atoms with E-state index in [-0.39, 0.29) is 11.5 Å². The third-order valence-corrected chi connectivity index (χ3v) is 4.28. The second kappa shape index (κ2) is 7.21. The zero-order valence-electron chi connectivity index (χ0n) is 14.9. The highest BCUT2D eigenvalue weighted by atomic mass is 16.5. The average molecular weight is 369 g/mol. The first-order chi connectivity index (χ1) is 13.7. The van der Waals surface area contributed by atoms with Crippen LogP contribution in [0.5, 0.6) is 5.75 Å². The number of methoxy groups -OCH3 is 1. The van der Waals surface area contributed by atoms with Crippen molar-refractivity contribution in [3.8, 4) is 23.1 Å². The van der Waals surface area contributed by atoms with E-state index < -0.39 is 5.56 Å². The van der Waals surface area contributed by atoms with Gasteiger partial charge < -0.3 is 10.1 Å². The Morgan fingerprint density at radius 1 is 1.11 bits per heavy atom. The van der Waals surface area contributed by atoms with Crippen molar-refractivity contribution in [2.24, 2.45) is 0 Å². The summed E-state index contributed by atoms with van der Waals surface area (Å²) < 4.78 is 5.16. The number of fused-ring (bicyclic) bond motifs is 1. The summed E-state index contributed by atoms with van der Waals surface area (Å²) in [5.41, 5.74) is 1.83. The molecule has 0 saturated heterocycles. The smallest absolute Gasteiger partial charge is 0.270 e. The number of hydrogen-bond donors (Lipinski definition) is 2. The molecule has 0 aliphatic carbocycles. The number of pyridine rings is 1. The van der Waals surface area contributed by atoms with Gasteiger partial charge in [0.2, 0.25) is 5.95 Å². The van der Waals surface area contributed by atoms with Gasteiger partial charge in [0, 0.05) is 17.1 Å². The Morgan fingerprint density at radius 2 is 1.89 bits per heavy atom. The first-order valence-corrected chi connectivity index (χ1v) is 8.49. The van der Waals surface area contributed by atoms with Crippen molar-refractivity contribution in [2.45, 2.75) is 0 Å². The summed E-state index contributed by atoms with van der Waals surface area (Å²) in [5.74, 6) is 0.903. The molecule has 7 nitrogen and oxygen atoms in total. The van der Waals surface area contributed by atoms with E-state index in [9.17, 15) is 10.1 Å². The average Bonchev–Trinajstić information content (AvgIpc) is 2.74. The maximum Gasteiger partial charge on any atom is 0.270 e. The van der Waals surface area contributed by atoms with Gasteiger partial charge in [0.25, 0.3) is 5.56 Å². The van der Waals surface area contributed by atoms with E-state index in [0.717, 1.165) is 10.9 Å². The Balaban J connectivity index is 1.81. The van der Waals surface area contributed by atoms with E-state index in [0.29, 0.717) is 22.7 Å². The molecule has 0 spiro atoms. The molecule has 0 aliphatic heterocycles. The number of nitriles is 1. The van der Waals surface area contributed by atoms with Crippen molar-refractivity contribution in [3.63, 3.8) is 0 Å². The van der Waals surface area contributed by atoms with Crippen molar-refractivity contribution < 1.29 is 4.74 Å². The molecule has 2 aromatic heterocycles. The standard InChI is InChI=1S/C21H15N5O2/c1-28-15-9-7-14(8-10-15)18-16(12-22)20(27)26-21(25-18)24-17-6-2-4-13-5-3-11-23-19(13)17/h2-11H,1H3,(H2,24,25,26,27). The van der Waals surface area contributed by atoms with Crippen molar-refractivity contribution in [1.29, 1.82) is 5.26 Å². The Labute approximate surface area is 160 Å². The van der Waals surface area contributed by atoms with Gasteiger partial charge in [0.05, 0.1) is 24.0 Å². The molecule has 4 aromatic rings. The molecule has 0 aliphatic rings. The normalized spacial score (nSPS) is 10.4. The summed E-state index contributed by atoms with van der Waals surface area (Å²) in [5, 5.41) is 13.5. The maximum absolute atomic E-state index is 12.4. The molecule has 2 N–H and O–H groups in total. The zero-order chi connectivity index (χ0) is 19.5. The van der Waals surface area contributed by atoms with Crippen LogP contribution in [0.3, 0.4) is 0 Å². The minimum Gasteiger partial charge on any atom is -0.497 e. The number of nitrogens with zero attached hydrogens (tertiary/aromatic N) is 3. The summed E-state index contributed by atoms with van der Waals surface area (Å²) >= 11 is 0. The van der Waals surface area contributed by atoms with E-state index in [1.807, 2.05) is 36.4 Å². The van der Waals surface area contributed by atoms with Crippen LogP contribution < -0.4 is 15.6 Å². The van der Waals surface area contributed by atoms with Crippen LogP contribution >= 0.6 is 0 Å². The highest BCUT2D eigenvalue weighted by molar-refractivity contribution is 5.91. The SMILES string of the molecule is COc1ccc(-c2nc(Nc3cccc4cccnc34)[nH]c(=O)c2C#N)cc1. The molecule has 28 heavy (non-hydrogen) atoms. The Kier molecular flexibility index (Phi) is 4.44. The molecular weight excluding hydrogens is 354 g/mol. The summed E-state index contributed by atoms with van der Waals surface area (Å²) in [6, 6.07) is 18.4. The van der Waals surface area contributed by atoms with Crippen LogP contribution in [0.2, 0.25) is 0 Å². The minimum absolute atomic E-state index is 0.0493. The van der Waals surface area contributed by atoms with Crippen LogP contribution in [0.15, 0.2) is 65.6 Å². The van der Waals surface area contributed by atoms with Gasteiger partial charge >= 0.3 is 0 Å². The van der Waals surface area contributed by atoms with Gasteiger partial charge in [-0.15, -0.1) is 0 Å². The third-order valence-electron chi connectivity index (χ3n) is 4.28. The number of anilines is 2. The monoisotopic (exact) mass is 369 g/mol. The number of H-pyrrole nitrogens is 1. The number of benzene rings is 2. The summed E-state index contributed by atoms with van der Waals surface area (Å²) in [6.07, 6.45) is 1.70. The maximum atomic E-state index is 12.4. The van der Waals surface area contributed by atoms with Crippen molar-refractivity contribution in [1.82, 2.24) is 15.0 Å². The molecule has 0 saturated carbocycles. The molecule has 4 rings (SSSR count). The van der Waals surface area contributed by atoms with Gasteiger partial charge in [-0.2, -0.15) is 5.26 Å². The lowest BCUT2D eigenvalue weighted by atomic mass is 10.1. The number of para-hydroxylation sites is 1. The highest BCUT2D eigenvalue weighted by Crippen LogP contribution is 2.26. The summed E-state index contributed by atoms with van der Waals surface area (Å²) in [6.45, 7) is 0. The first-order valence-electron chi connectivity index (χ1n) is 8.49. The number of rotatable bonds is 4. The van der Waals surface area contributed by atoms with E-state index in [2.05, 4.69) is 20.3 Å². The molecule has 0 amide bonds. The van der Waals surface area contributed by atoms with Crippen LogP contribution in [0, 0.1) is 11.3 Å². The van der Waals surface area contributed by atoms with Crippen LogP contribution in [0.1, 0.15) is 5.56 Å². The van der Waals surface area contributed by atoms with Crippen LogP contribution in [-0.4, -0.2) is 22.1 Å². The number of nitrogens with one attached hydrogen (secondary N) is 2. The number of hydrogen-bond acceptors (Lipinski definition) is 6. The summed E-state index contributed by atoms with van der Waals surface area (Å²) in [7, 11) is 1.57. The van der Waals surface area contributed by atoms with E-state index in [4.69, 9.17) is 4.74 Å².